The van der Waals surface area contributed by atoms with Crippen molar-refractivity contribution in [2.75, 3.05) is 27.7 Å². The maximum atomic E-state index is 13.3. The van der Waals surface area contributed by atoms with Gasteiger partial charge in [-0.3, -0.25) is 9.67 Å². The van der Waals surface area contributed by atoms with Crippen LogP contribution in [-0.4, -0.2) is 52.5 Å². The van der Waals surface area contributed by atoms with Gasteiger partial charge >= 0.3 is 0 Å². The van der Waals surface area contributed by atoms with Gasteiger partial charge in [0.1, 0.15) is 17.6 Å². The minimum Gasteiger partial charge on any atom is -0.493 e. The van der Waals surface area contributed by atoms with Gasteiger partial charge < -0.3 is 14.7 Å². The molecular weight excluding hydrogens is 275 g/mol. The smallest absolute Gasteiger partial charge is 0.163 e. The summed E-state index contributed by atoms with van der Waals surface area (Å²) in [5, 5.41) is 14.7. The summed E-state index contributed by atoms with van der Waals surface area (Å²) >= 11 is 0. The summed E-state index contributed by atoms with van der Waals surface area (Å²) in [6.45, 7) is 1.34. The van der Waals surface area contributed by atoms with Crippen LogP contribution in [0.25, 0.3) is 0 Å². The Morgan fingerprint density at radius 3 is 2.76 bits per heavy atom. The molecule has 114 valence electrons. The largest absolute Gasteiger partial charge is 0.493 e. The van der Waals surface area contributed by atoms with Gasteiger partial charge in [0.25, 0.3) is 0 Å². The lowest BCUT2D eigenvalue weighted by Crippen LogP contribution is -2.21. The Kier molecular flexibility index (Phi) is 4.87. The molecule has 0 spiro atoms. The summed E-state index contributed by atoms with van der Waals surface area (Å²) in [7, 11) is 5.41. The second-order valence-corrected chi connectivity index (χ2v) is 4.96. The molecule has 0 amide bonds. The summed E-state index contributed by atoms with van der Waals surface area (Å²) < 4.78 is 20.2. The molecule has 0 bridgehead atoms. The number of aliphatic hydroxyl groups is 1. The van der Waals surface area contributed by atoms with E-state index in [4.69, 9.17) is 4.74 Å². The number of aliphatic hydroxyl groups excluding tert-OH is 1. The number of hydrogen-bond donors (Lipinski definition) is 1. The fourth-order valence-corrected chi connectivity index (χ4v) is 2.02. The number of methoxy groups -OCH3 is 1. The lowest BCUT2D eigenvalue weighted by Gasteiger charge is -2.16. The van der Waals surface area contributed by atoms with Crippen LogP contribution in [0.4, 0.5) is 4.39 Å². The monoisotopic (exact) mass is 294 g/mol. The van der Waals surface area contributed by atoms with E-state index in [2.05, 4.69) is 10.1 Å². The Morgan fingerprint density at radius 2 is 2.14 bits per heavy atom. The SMILES string of the molecule is COc1cnn(CCN(C)C)c1C(O)c1cncc(F)c1. The van der Waals surface area contributed by atoms with Gasteiger partial charge in [-0.1, -0.05) is 0 Å². The Morgan fingerprint density at radius 1 is 1.38 bits per heavy atom. The number of ether oxygens (including phenoxy) is 1. The van der Waals surface area contributed by atoms with Crippen LogP contribution >= 0.6 is 0 Å². The minimum absolute atomic E-state index is 0.361. The maximum absolute atomic E-state index is 13.3. The quantitative estimate of drug-likeness (QED) is 0.863. The Hall–Kier alpha value is -1.99. The van der Waals surface area contributed by atoms with Crippen molar-refractivity contribution in [2.24, 2.45) is 0 Å². The molecule has 21 heavy (non-hydrogen) atoms. The molecule has 0 saturated heterocycles. The highest BCUT2D eigenvalue weighted by Crippen LogP contribution is 2.29. The van der Waals surface area contributed by atoms with Crippen LogP contribution in [0, 0.1) is 5.82 Å². The number of hydrogen-bond acceptors (Lipinski definition) is 5. The third-order valence-electron chi connectivity index (χ3n) is 3.12. The molecule has 0 fully saturated rings. The molecule has 0 aliphatic rings. The predicted octanol–water partition coefficient (Wildman–Crippen LogP) is 1.07. The van der Waals surface area contributed by atoms with E-state index in [-0.39, 0.29) is 0 Å². The average Bonchev–Trinajstić information content (AvgIpc) is 2.87. The van der Waals surface area contributed by atoms with Crippen molar-refractivity contribution in [1.82, 2.24) is 19.7 Å². The summed E-state index contributed by atoms with van der Waals surface area (Å²) in [5.74, 6) is -0.0320. The van der Waals surface area contributed by atoms with Gasteiger partial charge in [0.15, 0.2) is 5.75 Å². The van der Waals surface area contributed by atoms with Crippen molar-refractivity contribution >= 4 is 0 Å². The van der Waals surface area contributed by atoms with Crippen LogP contribution in [0.1, 0.15) is 17.4 Å². The Labute approximate surface area is 122 Å². The lowest BCUT2D eigenvalue weighted by molar-refractivity contribution is 0.199. The van der Waals surface area contributed by atoms with E-state index in [1.165, 1.54) is 19.4 Å². The van der Waals surface area contributed by atoms with Gasteiger partial charge in [-0.15, -0.1) is 0 Å². The number of halogens is 1. The highest BCUT2D eigenvalue weighted by Gasteiger charge is 2.22. The van der Waals surface area contributed by atoms with E-state index in [9.17, 15) is 9.50 Å². The number of pyridine rings is 1. The van der Waals surface area contributed by atoms with Gasteiger partial charge in [0, 0.05) is 18.3 Å². The van der Waals surface area contributed by atoms with Gasteiger partial charge in [-0.2, -0.15) is 5.10 Å². The summed E-state index contributed by atoms with van der Waals surface area (Å²) in [6.07, 6.45) is 3.02. The first-order valence-electron chi connectivity index (χ1n) is 6.56. The Bertz CT molecular complexity index is 600. The molecular formula is C14H19FN4O2. The zero-order valence-corrected chi connectivity index (χ0v) is 12.3. The molecule has 0 aliphatic carbocycles. The lowest BCUT2D eigenvalue weighted by atomic mass is 10.1. The topological polar surface area (TPSA) is 63.4 Å². The standard InChI is InChI=1S/C14H19FN4O2/c1-18(2)4-5-19-13(12(21-3)9-17-19)14(20)10-6-11(15)8-16-7-10/h6-9,14,20H,4-5H2,1-3H3. The van der Waals surface area contributed by atoms with Crippen molar-refractivity contribution < 1.29 is 14.2 Å². The molecule has 2 aromatic heterocycles. The third kappa shape index (κ3) is 3.56. The summed E-state index contributed by atoms with van der Waals surface area (Å²) in [6, 6.07) is 1.25. The predicted molar refractivity (Wildman–Crippen MR) is 75.6 cm³/mol. The van der Waals surface area contributed by atoms with Gasteiger partial charge in [-0.05, 0) is 20.2 Å². The van der Waals surface area contributed by atoms with Crippen LogP contribution in [0.3, 0.4) is 0 Å². The first-order valence-corrected chi connectivity index (χ1v) is 6.56. The highest BCUT2D eigenvalue weighted by molar-refractivity contribution is 5.33. The van der Waals surface area contributed by atoms with Crippen LogP contribution in [0.15, 0.2) is 24.7 Å². The van der Waals surface area contributed by atoms with Gasteiger partial charge in [0.2, 0.25) is 0 Å². The number of likely N-dealkylation sites (N-methyl/N-ethyl adjacent to an activating group) is 1. The molecule has 0 aliphatic heterocycles. The maximum Gasteiger partial charge on any atom is 0.163 e. The molecule has 1 atom stereocenters. The van der Waals surface area contributed by atoms with Crippen molar-refractivity contribution in [3.05, 3.63) is 41.7 Å². The fraction of sp³-hybridized carbons (Fsp3) is 0.429. The van der Waals surface area contributed by atoms with Crippen molar-refractivity contribution in [3.8, 4) is 5.75 Å². The van der Waals surface area contributed by atoms with Crippen LogP contribution < -0.4 is 4.74 Å². The van der Waals surface area contributed by atoms with E-state index < -0.39 is 11.9 Å². The molecule has 1 N–H and O–H groups in total. The summed E-state index contributed by atoms with van der Waals surface area (Å²) in [5.41, 5.74) is 0.853. The molecule has 1 unspecified atom stereocenters. The van der Waals surface area contributed by atoms with E-state index in [0.717, 1.165) is 12.7 Å². The van der Waals surface area contributed by atoms with Crippen LogP contribution in [0.5, 0.6) is 5.75 Å². The second kappa shape index (κ2) is 6.64. The molecule has 7 heteroatoms. The number of rotatable bonds is 6. The zero-order valence-electron chi connectivity index (χ0n) is 12.3. The molecule has 0 radical (unpaired) electrons. The molecule has 0 saturated carbocycles. The fourth-order valence-electron chi connectivity index (χ4n) is 2.02. The average molecular weight is 294 g/mol. The first-order chi connectivity index (χ1) is 10.0. The third-order valence-corrected chi connectivity index (χ3v) is 3.12. The van der Waals surface area contributed by atoms with Crippen molar-refractivity contribution in [3.63, 3.8) is 0 Å². The minimum atomic E-state index is -1.05. The van der Waals surface area contributed by atoms with E-state index in [0.29, 0.717) is 23.6 Å². The van der Waals surface area contributed by atoms with Gasteiger partial charge in [-0.25, -0.2) is 4.39 Å². The zero-order chi connectivity index (χ0) is 15.4. The number of aromatic nitrogens is 3. The van der Waals surface area contributed by atoms with Crippen LogP contribution in [-0.2, 0) is 6.54 Å². The van der Waals surface area contributed by atoms with E-state index >= 15 is 0 Å². The van der Waals surface area contributed by atoms with Crippen molar-refractivity contribution in [1.29, 1.82) is 0 Å². The molecule has 0 aromatic carbocycles. The van der Waals surface area contributed by atoms with Crippen LogP contribution in [0.2, 0.25) is 0 Å². The summed E-state index contributed by atoms with van der Waals surface area (Å²) in [4.78, 5) is 5.77. The second-order valence-electron chi connectivity index (χ2n) is 4.96. The normalized spacial score (nSPS) is 12.7. The van der Waals surface area contributed by atoms with E-state index in [1.54, 1.807) is 10.9 Å². The molecule has 2 rings (SSSR count). The number of nitrogens with zero attached hydrogens (tertiary/aromatic N) is 4. The first kappa shape index (κ1) is 15.4. The van der Waals surface area contributed by atoms with Crippen molar-refractivity contribution in [2.45, 2.75) is 12.6 Å². The van der Waals surface area contributed by atoms with E-state index in [1.807, 2.05) is 19.0 Å². The molecule has 2 heterocycles. The molecule has 2 aromatic rings. The Balaban J connectivity index is 2.34. The molecule has 6 nitrogen and oxygen atoms in total. The highest BCUT2D eigenvalue weighted by atomic mass is 19.1. The van der Waals surface area contributed by atoms with Gasteiger partial charge in [0.05, 0.1) is 26.0 Å².